The molecule has 76 valence electrons. The van der Waals surface area contributed by atoms with Crippen LogP contribution in [0.1, 0.15) is 15.9 Å². The van der Waals surface area contributed by atoms with Crippen molar-refractivity contribution in [2.45, 2.75) is 6.18 Å². The van der Waals surface area contributed by atoms with Crippen LogP contribution in [0.5, 0.6) is 0 Å². The van der Waals surface area contributed by atoms with Crippen molar-refractivity contribution in [3.05, 3.63) is 28.0 Å². The average Bonchev–Trinajstić information content (AvgIpc) is 2.01. The Kier molecular flexibility index (Phi) is 2.79. The van der Waals surface area contributed by atoms with Crippen LogP contribution in [-0.2, 0) is 6.18 Å². The molecule has 0 unspecified atom stereocenters. The maximum Gasteiger partial charge on any atom is 0.418 e. The van der Waals surface area contributed by atoms with Gasteiger partial charge in [0.05, 0.1) is 11.1 Å². The molecule has 0 aliphatic carbocycles. The first-order valence-electron chi connectivity index (χ1n) is 3.34. The third-order valence-corrected chi connectivity index (χ3v) is 2.05. The second-order valence-corrected chi connectivity index (χ2v) is 3.26. The highest BCUT2D eigenvalue weighted by molar-refractivity contribution is 9.10. The summed E-state index contributed by atoms with van der Waals surface area (Å²) in [6.07, 6.45) is -2.89. The van der Waals surface area contributed by atoms with Gasteiger partial charge in [-0.3, -0.25) is 9.78 Å². The molecule has 0 aliphatic heterocycles. The zero-order chi connectivity index (χ0) is 10.9. The summed E-state index contributed by atoms with van der Waals surface area (Å²) in [6, 6.07) is 0. The number of nitrogens with zero attached hydrogens (tertiary/aromatic N) is 1. The lowest BCUT2D eigenvalue weighted by molar-refractivity contribution is -0.138. The summed E-state index contributed by atoms with van der Waals surface area (Å²) in [7, 11) is 0. The van der Waals surface area contributed by atoms with E-state index in [-0.39, 0.29) is 4.47 Å². The molecule has 0 atom stereocenters. The van der Waals surface area contributed by atoms with Crippen molar-refractivity contribution in [2.75, 3.05) is 0 Å². The van der Waals surface area contributed by atoms with Gasteiger partial charge >= 0.3 is 6.18 Å². The predicted octanol–water partition coefficient (Wildman–Crippen LogP) is 1.96. The fraction of sp³-hybridized carbons (Fsp3) is 0.143. The Hall–Kier alpha value is -1.11. The second-order valence-electron chi connectivity index (χ2n) is 2.41. The molecule has 1 rings (SSSR count). The van der Waals surface area contributed by atoms with E-state index < -0.39 is 23.2 Å². The topological polar surface area (TPSA) is 56.0 Å². The lowest BCUT2D eigenvalue weighted by Gasteiger charge is -2.11. The number of halogens is 4. The Balaban J connectivity index is 3.45. The van der Waals surface area contributed by atoms with Crippen LogP contribution in [0.25, 0.3) is 0 Å². The first-order chi connectivity index (χ1) is 6.34. The Morgan fingerprint density at radius 2 is 2.00 bits per heavy atom. The number of primary amides is 1. The molecule has 7 heteroatoms. The average molecular weight is 269 g/mol. The molecule has 3 nitrogen and oxygen atoms in total. The molecule has 0 radical (unpaired) electrons. The van der Waals surface area contributed by atoms with Gasteiger partial charge in [-0.1, -0.05) is 0 Å². The van der Waals surface area contributed by atoms with Crippen LogP contribution < -0.4 is 5.73 Å². The van der Waals surface area contributed by atoms with E-state index in [1.54, 1.807) is 0 Å². The molecule has 0 spiro atoms. The maximum atomic E-state index is 12.4. The van der Waals surface area contributed by atoms with Crippen molar-refractivity contribution in [2.24, 2.45) is 5.73 Å². The molecule has 0 fully saturated rings. The molecular formula is C7H4BrF3N2O. The molecule has 0 saturated heterocycles. The maximum absolute atomic E-state index is 12.4. The lowest BCUT2D eigenvalue weighted by atomic mass is 10.1. The van der Waals surface area contributed by atoms with E-state index in [1.165, 1.54) is 0 Å². The van der Waals surface area contributed by atoms with Gasteiger partial charge in [0.1, 0.15) is 0 Å². The number of rotatable bonds is 1. The van der Waals surface area contributed by atoms with Crippen LogP contribution in [0.3, 0.4) is 0 Å². The minimum absolute atomic E-state index is 0.304. The molecule has 2 N–H and O–H groups in total. The number of carbonyl (C=O) groups is 1. The van der Waals surface area contributed by atoms with E-state index in [1.807, 2.05) is 0 Å². The highest BCUT2D eigenvalue weighted by Crippen LogP contribution is 2.36. The van der Waals surface area contributed by atoms with Crippen molar-refractivity contribution < 1.29 is 18.0 Å². The third-order valence-electron chi connectivity index (χ3n) is 1.45. The molecule has 0 aliphatic rings. The van der Waals surface area contributed by atoms with Crippen molar-refractivity contribution in [3.8, 4) is 0 Å². The van der Waals surface area contributed by atoms with Crippen molar-refractivity contribution in [3.63, 3.8) is 0 Å². The molecule has 0 aromatic carbocycles. The Morgan fingerprint density at radius 1 is 1.43 bits per heavy atom. The van der Waals surface area contributed by atoms with Gasteiger partial charge in [0.2, 0.25) is 0 Å². The Bertz CT molecular complexity index is 378. The summed E-state index contributed by atoms with van der Waals surface area (Å²) in [4.78, 5) is 14.1. The fourth-order valence-corrected chi connectivity index (χ4v) is 1.47. The van der Waals surface area contributed by atoms with Crippen LogP contribution in [0.15, 0.2) is 16.9 Å². The quantitative estimate of drug-likeness (QED) is 0.847. The predicted molar refractivity (Wildman–Crippen MR) is 45.5 cm³/mol. The molecule has 1 heterocycles. The number of carbonyl (C=O) groups excluding carboxylic acids is 1. The molecule has 14 heavy (non-hydrogen) atoms. The normalized spacial score (nSPS) is 11.4. The van der Waals surface area contributed by atoms with E-state index in [0.717, 1.165) is 12.4 Å². The van der Waals surface area contributed by atoms with Gasteiger partial charge in [-0.15, -0.1) is 0 Å². The molecule has 1 aromatic rings. The van der Waals surface area contributed by atoms with Gasteiger partial charge in [0.15, 0.2) is 0 Å². The fourth-order valence-electron chi connectivity index (χ4n) is 0.910. The number of aromatic nitrogens is 1. The lowest BCUT2D eigenvalue weighted by Crippen LogP contribution is -2.19. The minimum atomic E-state index is -4.63. The molecular weight excluding hydrogens is 265 g/mol. The monoisotopic (exact) mass is 268 g/mol. The number of hydrogen-bond donors (Lipinski definition) is 1. The summed E-state index contributed by atoms with van der Waals surface area (Å²) in [5.41, 5.74) is 3.04. The summed E-state index contributed by atoms with van der Waals surface area (Å²) >= 11 is 2.66. The number of amides is 1. The second kappa shape index (κ2) is 3.56. The number of nitrogens with two attached hydrogens (primary N) is 1. The third kappa shape index (κ3) is 2.03. The first kappa shape index (κ1) is 11.0. The van der Waals surface area contributed by atoms with Crippen LogP contribution in [-0.4, -0.2) is 10.9 Å². The largest absolute Gasteiger partial charge is 0.418 e. The van der Waals surface area contributed by atoms with E-state index in [4.69, 9.17) is 5.73 Å². The van der Waals surface area contributed by atoms with E-state index in [9.17, 15) is 18.0 Å². The van der Waals surface area contributed by atoms with E-state index in [0.29, 0.717) is 0 Å². The van der Waals surface area contributed by atoms with Crippen LogP contribution in [0.4, 0.5) is 13.2 Å². The van der Waals surface area contributed by atoms with Crippen molar-refractivity contribution >= 4 is 21.8 Å². The Labute approximate surface area is 85.2 Å². The summed E-state index contributed by atoms with van der Waals surface area (Å²) in [6.45, 7) is 0. The zero-order valence-corrected chi connectivity index (χ0v) is 8.19. The minimum Gasteiger partial charge on any atom is -0.366 e. The van der Waals surface area contributed by atoms with Crippen LogP contribution in [0.2, 0.25) is 0 Å². The van der Waals surface area contributed by atoms with Gasteiger partial charge in [-0.25, -0.2) is 0 Å². The molecule has 1 amide bonds. The summed E-state index contributed by atoms with van der Waals surface area (Å²) in [5, 5.41) is 0. The standard InChI is InChI=1S/C7H4BrF3N2O/c8-4-2-13-1-3(6(12)14)5(4)7(9,10)11/h1-2H,(H2,12,14). The Morgan fingerprint density at radius 3 is 2.36 bits per heavy atom. The number of alkyl halides is 3. The van der Waals surface area contributed by atoms with E-state index >= 15 is 0 Å². The van der Waals surface area contributed by atoms with Crippen LogP contribution >= 0.6 is 15.9 Å². The zero-order valence-electron chi connectivity index (χ0n) is 6.60. The number of pyridine rings is 1. The molecule has 0 bridgehead atoms. The molecule has 1 aromatic heterocycles. The SMILES string of the molecule is NC(=O)c1cncc(Br)c1C(F)(F)F. The van der Waals surface area contributed by atoms with Gasteiger partial charge < -0.3 is 5.73 Å². The van der Waals surface area contributed by atoms with Crippen LogP contribution in [0, 0.1) is 0 Å². The number of hydrogen-bond acceptors (Lipinski definition) is 2. The van der Waals surface area contributed by atoms with Gasteiger partial charge in [-0.2, -0.15) is 13.2 Å². The molecule has 0 saturated carbocycles. The summed E-state index contributed by atoms with van der Waals surface area (Å²) < 4.78 is 36.9. The van der Waals surface area contributed by atoms with E-state index in [2.05, 4.69) is 20.9 Å². The smallest absolute Gasteiger partial charge is 0.366 e. The van der Waals surface area contributed by atoms with Gasteiger partial charge in [-0.05, 0) is 15.9 Å². The highest BCUT2D eigenvalue weighted by atomic mass is 79.9. The van der Waals surface area contributed by atoms with Crippen molar-refractivity contribution in [1.29, 1.82) is 0 Å². The van der Waals surface area contributed by atoms with Gasteiger partial charge in [0.25, 0.3) is 5.91 Å². The summed E-state index contributed by atoms with van der Waals surface area (Å²) in [5.74, 6) is -1.16. The van der Waals surface area contributed by atoms with Gasteiger partial charge in [0, 0.05) is 16.9 Å². The highest BCUT2D eigenvalue weighted by Gasteiger charge is 2.37. The van der Waals surface area contributed by atoms with Crippen molar-refractivity contribution in [1.82, 2.24) is 4.98 Å². The first-order valence-corrected chi connectivity index (χ1v) is 4.14.